The van der Waals surface area contributed by atoms with Gasteiger partial charge in [0.1, 0.15) is 25.4 Å². The summed E-state index contributed by atoms with van der Waals surface area (Å²) in [7, 11) is -9.80. The van der Waals surface area contributed by atoms with Crippen LogP contribution in [0.1, 0.15) is 393 Å². The summed E-state index contributed by atoms with van der Waals surface area (Å²) in [5.74, 6) is -1.58. The maximum Gasteiger partial charge on any atom is 0.472 e. The van der Waals surface area contributed by atoms with E-state index in [0.717, 1.165) is 173 Å². The first-order valence-electron chi connectivity index (χ1n) is 46.8. The average molecular weight is 1680 g/mol. The predicted molar refractivity (Wildman–Crippen MR) is 491 cm³/mol. The second-order valence-corrected chi connectivity index (χ2v) is 34.0. The van der Waals surface area contributed by atoms with E-state index in [0.29, 0.717) is 19.3 Å². The Bertz CT molecular complexity index is 2760. The molecule has 0 saturated heterocycles. The molecule has 0 aromatic carbocycles. The van der Waals surface area contributed by atoms with Gasteiger partial charge >= 0.3 is 33.6 Å². The summed E-state index contributed by atoms with van der Waals surface area (Å²) < 4.78 is 61.4. The molecule has 0 aliphatic rings. The van der Waals surface area contributed by atoms with Crippen LogP contribution < -0.4 is 0 Å². The van der Waals surface area contributed by atoms with E-state index in [1.165, 1.54) is 161 Å². The maximum absolute atomic E-state index is 13.0. The molecule has 0 aromatic heterocycles. The summed E-state index contributed by atoms with van der Waals surface area (Å²) in [6.45, 7) is 2.42. The summed E-state index contributed by atoms with van der Waals surface area (Å²) in [4.78, 5) is 58.9. The third-order valence-corrected chi connectivity index (χ3v) is 21.6. The second-order valence-electron chi connectivity index (χ2n) is 31.0. The zero-order valence-electron chi connectivity index (χ0n) is 74.1. The number of aliphatic hydroxyl groups excluding tert-OH is 2. The highest BCUT2D eigenvalue weighted by Crippen LogP contribution is 2.45. The molecule has 0 aromatic rings. The van der Waals surface area contributed by atoms with Crippen molar-refractivity contribution in [2.45, 2.75) is 411 Å². The summed E-state index contributed by atoms with van der Waals surface area (Å²) in [6, 6.07) is 0. The molecule has 0 radical (unpaired) electrons. The number of ether oxygens (including phenoxy) is 3. The predicted octanol–water partition coefficient (Wildman–Crippen LogP) is 28.9. The molecule has 4 N–H and O–H groups in total. The van der Waals surface area contributed by atoms with Gasteiger partial charge in [-0.2, -0.15) is 0 Å². The van der Waals surface area contributed by atoms with Gasteiger partial charge in [-0.3, -0.25) is 32.5 Å². The highest BCUT2D eigenvalue weighted by atomic mass is 31.2. The number of hydrogen-bond acceptors (Lipinski definition) is 14. The van der Waals surface area contributed by atoms with Gasteiger partial charge in [-0.15, -0.1) is 0 Å². The Hall–Kier alpha value is -4.83. The summed E-state index contributed by atoms with van der Waals surface area (Å²) >= 11 is 0. The van der Waals surface area contributed by atoms with Crippen LogP contribution in [0.3, 0.4) is 0 Å². The number of unbranched alkanes of at least 4 members (excludes halogenated alkanes) is 39. The van der Waals surface area contributed by atoms with Crippen molar-refractivity contribution in [3.05, 3.63) is 158 Å². The quantitative estimate of drug-likeness (QED) is 0.0146. The van der Waals surface area contributed by atoms with E-state index < -0.39 is 91.5 Å². The first kappa shape index (κ1) is 112. The van der Waals surface area contributed by atoms with Crippen LogP contribution >= 0.6 is 15.6 Å². The topological polar surface area (TPSA) is 231 Å². The van der Waals surface area contributed by atoms with Gasteiger partial charge in [0.15, 0.2) is 6.10 Å². The lowest BCUT2D eigenvalue weighted by atomic mass is 10.0. The van der Waals surface area contributed by atoms with Crippen LogP contribution in [0.15, 0.2) is 158 Å². The third-order valence-electron chi connectivity index (χ3n) is 19.7. The van der Waals surface area contributed by atoms with E-state index in [1.54, 1.807) is 0 Å². The van der Waals surface area contributed by atoms with Crippen LogP contribution in [0.2, 0.25) is 0 Å². The minimum absolute atomic E-state index is 0.0869. The van der Waals surface area contributed by atoms with Gasteiger partial charge in [-0.05, 0) is 141 Å². The summed E-state index contributed by atoms with van der Waals surface area (Å²) in [5.41, 5.74) is 0. The molecule has 0 bridgehead atoms. The van der Waals surface area contributed by atoms with Gasteiger partial charge in [-0.1, -0.05) is 391 Å². The van der Waals surface area contributed by atoms with Crippen molar-refractivity contribution in [3.8, 4) is 0 Å². The largest absolute Gasteiger partial charge is 0.472 e. The number of phosphoric acid groups is 2. The third kappa shape index (κ3) is 91.7. The van der Waals surface area contributed by atoms with Crippen LogP contribution in [0.4, 0.5) is 0 Å². The van der Waals surface area contributed by atoms with Crippen LogP contribution in [0.25, 0.3) is 0 Å². The molecule has 0 rings (SSSR count). The lowest BCUT2D eigenvalue weighted by Gasteiger charge is -2.21. The van der Waals surface area contributed by atoms with Crippen LogP contribution in [-0.4, -0.2) is 95.9 Å². The monoisotopic (exact) mass is 1680 g/mol. The normalized spacial score (nSPS) is 14.5. The average Bonchev–Trinajstić information content (AvgIpc) is 0.898. The van der Waals surface area contributed by atoms with Crippen molar-refractivity contribution in [1.82, 2.24) is 0 Å². The number of carbonyl (C=O) groups is 3. The molecular weight excluding hydrogens is 1510 g/mol. The Balaban J connectivity index is 4.37. The van der Waals surface area contributed by atoms with Gasteiger partial charge in [0, 0.05) is 19.3 Å². The molecule has 0 saturated carbocycles. The molecule has 0 aliphatic carbocycles. The molecule has 5 unspecified atom stereocenters. The Morgan fingerprint density at radius 3 is 0.718 bits per heavy atom. The molecule has 672 valence electrons. The molecule has 0 heterocycles. The lowest BCUT2D eigenvalue weighted by Crippen LogP contribution is -2.30. The number of rotatable bonds is 88. The van der Waals surface area contributed by atoms with Gasteiger partial charge in [0.2, 0.25) is 0 Å². The van der Waals surface area contributed by atoms with E-state index in [4.69, 9.17) is 32.3 Å². The molecule has 117 heavy (non-hydrogen) atoms. The molecule has 0 spiro atoms. The first-order valence-corrected chi connectivity index (χ1v) is 49.8. The fourth-order valence-electron chi connectivity index (χ4n) is 12.7. The molecular formula is C99H170O16P2. The second kappa shape index (κ2) is 90.4. The lowest BCUT2D eigenvalue weighted by molar-refractivity contribution is -0.161. The fraction of sp³-hybridized carbons (Fsp3) is 0.707. The summed E-state index contributed by atoms with van der Waals surface area (Å²) in [6.07, 6.45) is 116. The highest BCUT2D eigenvalue weighted by Gasteiger charge is 2.29. The minimum atomic E-state index is -4.94. The number of phosphoric ester groups is 2. The highest BCUT2D eigenvalue weighted by molar-refractivity contribution is 7.47. The van der Waals surface area contributed by atoms with Crippen LogP contribution in [0, 0.1) is 0 Å². The number of esters is 3. The number of allylic oxidation sites excluding steroid dienone is 26. The van der Waals surface area contributed by atoms with Crippen LogP contribution in [-0.2, 0) is 55.8 Å². The van der Waals surface area contributed by atoms with E-state index in [2.05, 4.69) is 179 Å². The van der Waals surface area contributed by atoms with Crippen molar-refractivity contribution in [1.29, 1.82) is 0 Å². The van der Waals surface area contributed by atoms with Crippen molar-refractivity contribution >= 4 is 33.6 Å². The van der Waals surface area contributed by atoms with Crippen molar-refractivity contribution in [3.63, 3.8) is 0 Å². The van der Waals surface area contributed by atoms with E-state index in [1.807, 2.05) is 0 Å². The van der Waals surface area contributed by atoms with Crippen molar-refractivity contribution in [2.75, 3.05) is 39.6 Å². The molecule has 18 heteroatoms. The number of carbonyl (C=O) groups excluding carboxylic acids is 3. The van der Waals surface area contributed by atoms with Gasteiger partial charge in [0.05, 0.1) is 26.4 Å². The van der Waals surface area contributed by atoms with Gasteiger partial charge in [-0.25, -0.2) is 9.13 Å². The number of hydrogen-bond donors (Lipinski definition) is 4. The van der Waals surface area contributed by atoms with Crippen LogP contribution in [0.5, 0.6) is 0 Å². The smallest absolute Gasteiger partial charge is 0.463 e. The Morgan fingerprint density at radius 2 is 0.453 bits per heavy atom. The number of aliphatic hydroxyl groups is 2. The molecule has 5 atom stereocenters. The van der Waals surface area contributed by atoms with Crippen molar-refractivity contribution < 1.29 is 75.8 Å². The molecule has 16 nitrogen and oxygen atoms in total. The minimum Gasteiger partial charge on any atom is -0.463 e. The SMILES string of the molecule is CC/C=C\C/C=C\C/C=C\C/C=C\C/C=C\C/C=C\CCCCCCCCCCCCCCCCC(=O)OCC(COP(=O)(O)OCC(O)COP(=O)(O)OCC(O)COC(=O)CCCCCCCCCCCCCCCCCCCCC/C=C\C/C=C\C/C=C\C/C=C\C/C=C\CC)OC(=O)CCCCCCC/C=C\C/C=C\CCC. The van der Waals surface area contributed by atoms with Gasteiger partial charge in [0.25, 0.3) is 0 Å². The summed E-state index contributed by atoms with van der Waals surface area (Å²) in [5, 5.41) is 20.7. The standard InChI is InChI=1S/C99H170O16P2/c1-4-7-10-13-16-19-22-25-27-29-31-33-35-37-39-41-43-45-46-48-50-51-53-55-57-59-61-63-65-68-70-73-76-79-82-85-97(102)109-88-94(100)89-111-116(105,106)112-90-95(101)91-113-117(107,108)114-93-96(115-99(104)87-84-81-78-75-72-67-24-21-18-15-12-9-6-3)92-110-98(103)86-83-80-77-74-71-69-66-64-62-60-58-56-54-52-49-47-44-42-40-38-36-34-32-30-28-26-23-20-17-14-11-8-5-2/h7-8,10-12,15-17,19-21,24-28,31-34,37-40,44,47,94-96,100-101H,4-6,9,13-14,18,22-23,29-30,35-36,41-43,45-46,48-93H2,1-3H3,(H,105,106)(H,107,108)/b10-7-,11-8-,15-12-,19-16-,20-17-,24-21-,27-25-,28-26-,33-31-,34-32-,39-37-,40-38-,47-44-. The Kier molecular flexibility index (Phi) is 86.7. The zero-order chi connectivity index (χ0) is 85.1. The van der Waals surface area contributed by atoms with E-state index >= 15 is 0 Å². The first-order chi connectivity index (χ1) is 57.2. The molecule has 0 fully saturated rings. The van der Waals surface area contributed by atoms with E-state index in [9.17, 15) is 43.5 Å². The molecule has 0 amide bonds. The fourth-order valence-corrected chi connectivity index (χ4v) is 14.3. The van der Waals surface area contributed by atoms with E-state index in [-0.39, 0.29) is 19.3 Å². The van der Waals surface area contributed by atoms with Crippen molar-refractivity contribution in [2.24, 2.45) is 0 Å². The van der Waals surface area contributed by atoms with Gasteiger partial charge < -0.3 is 34.2 Å². The molecule has 0 aliphatic heterocycles. The zero-order valence-corrected chi connectivity index (χ0v) is 75.9. The Labute approximate surface area is 714 Å². The Morgan fingerprint density at radius 1 is 0.248 bits per heavy atom. The maximum atomic E-state index is 13.0.